The van der Waals surface area contributed by atoms with Crippen molar-refractivity contribution in [3.05, 3.63) is 54.6 Å². The highest BCUT2D eigenvalue weighted by Crippen LogP contribution is 2.43. The van der Waals surface area contributed by atoms with Gasteiger partial charge in [0, 0.05) is 6.54 Å². The molecule has 2 saturated heterocycles. The molecule has 37 heavy (non-hydrogen) atoms. The van der Waals surface area contributed by atoms with Crippen LogP contribution >= 0.6 is 7.82 Å². The molecule has 5 rings (SSSR count). The Morgan fingerprint density at radius 1 is 1.16 bits per heavy atom. The predicted molar refractivity (Wildman–Crippen MR) is 129 cm³/mol. The molecule has 0 bridgehead atoms. The Hall–Kier alpha value is -3.23. The zero-order chi connectivity index (χ0) is 26.0. The van der Waals surface area contributed by atoms with Crippen LogP contribution in [-0.4, -0.2) is 73.1 Å². The van der Waals surface area contributed by atoms with E-state index in [1.807, 2.05) is 36.4 Å². The minimum Gasteiger partial charge on any atom is -0.347 e. The molecular formula is C22H25N6O8P. The fourth-order valence-electron chi connectivity index (χ4n) is 4.17. The molecule has 2 aliphatic rings. The molecular weight excluding hydrogens is 507 g/mol. The van der Waals surface area contributed by atoms with E-state index < -0.39 is 51.3 Å². The van der Waals surface area contributed by atoms with Crippen molar-refractivity contribution in [1.82, 2.24) is 24.8 Å². The van der Waals surface area contributed by atoms with Crippen LogP contribution in [0.4, 0.5) is 10.6 Å². The molecule has 15 heteroatoms. The summed E-state index contributed by atoms with van der Waals surface area (Å²) in [7, 11) is -4.74. The van der Waals surface area contributed by atoms with E-state index in [4.69, 9.17) is 18.7 Å². The van der Waals surface area contributed by atoms with Gasteiger partial charge in [0.1, 0.15) is 24.6 Å². The summed E-state index contributed by atoms with van der Waals surface area (Å²) in [6, 6.07) is 9.14. The molecule has 4 heterocycles. The number of anilines is 1. The first-order chi connectivity index (χ1) is 17.8. The quantitative estimate of drug-likeness (QED) is 0.311. The van der Waals surface area contributed by atoms with Gasteiger partial charge in [-0.1, -0.05) is 36.4 Å². The molecule has 3 unspecified atom stereocenters. The average molecular weight is 532 g/mol. The predicted octanol–water partition coefficient (Wildman–Crippen LogP) is 1.80. The second-order valence-electron chi connectivity index (χ2n) is 8.22. The normalized spacial score (nSPS) is 25.5. The van der Waals surface area contributed by atoms with Crippen molar-refractivity contribution in [2.45, 2.75) is 37.8 Å². The highest BCUT2D eigenvalue weighted by Gasteiger charge is 2.53. The van der Waals surface area contributed by atoms with E-state index in [1.54, 1.807) is 17.6 Å². The van der Waals surface area contributed by atoms with E-state index in [0.717, 1.165) is 5.56 Å². The summed E-state index contributed by atoms with van der Waals surface area (Å²) in [5.41, 5.74) is 1.63. The number of nitrogens with zero attached hydrogens (tertiary/aromatic N) is 4. The summed E-state index contributed by atoms with van der Waals surface area (Å²) >= 11 is 0. The third kappa shape index (κ3) is 5.70. The Balaban J connectivity index is 1.41. The minimum absolute atomic E-state index is 0.206. The number of hydrogen-bond donors (Lipinski definition) is 4. The molecule has 2 amide bonds. The van der Waals surface area contributed by atoms with Gasteiger partial charge >= 0.3 is 13.9 Å². The Bertz CT molecular complexity index is 1330. The highest BCUT2D eigenvalue weighted by atomic mass is 31.2. The summed E-state index contributed by atoms with van der Waals surface area (Å²) in [6.45, 7) is 1.80. The van der Waals surface area contributed by atoms with Gasteiger partial charge in [-0.15, -0.1) is 0 Å². The molecule has 14 nitrogen and oxygen atoms in total. The van der Waals surface area contributed by atoms with Crippen molar-refractivity contribution in [2.24, 2.45) is 0 Å². The summed E-state index contributed by atoms with van der Waals surface area (Å²) in [4.78, 5) is 43.1. The van der Waals surface area contributed by atoms with Gasteiger partial charge in [0.2, 0.25) is 0 Å². The number of amides is 2. The van der Waals surface area contributed by atoms with Gasteiger partial charge in [0.25, 0.3) is 0 Å². The molecule has 2 aliphatic heterocycles. The molecule has 3 aromatic rings. The lowest BCUT2D eigenvalue weighted by molar-refractivity contribution is -0.132. The number of rotatable bonds is 8. The summed E-state index contributed by atoms with van der Waals surface area (Å²) in [5, 5.41) is 5.25. The number of urea groups is 1. The van der Waals surface area contributed by atoms with Crippen LogP contribution in [-0.2, 0) is 23.3 Å². The molecule has 0 radical (unpaired) electrons. The minimum atomic E-state index is -4.74. The number of ether oxygens (including phenoxy) is 3. The number of carbonyl (C=O) groups is 1. The second kappa shape index (κ2) is 10.6. The van der Waals surface area contributed by atoms with Gasteiger partial charge in [-0.25, -0.2) is 24.3 Å². The first-order valence-electron chi connectivity index (χ1n) is 11.4. The van der Waals surface area contributed by atoms with Crippen LogP contribution in [0, 0.1) is 0 Å². The second-order valence-corrected chi connectivity index (χ2v) is 9.46. The number of fused-ring (bicyclic) bond motifs is 2. The zero-order valence-electron chi connectivity index (χ0n) is 19.6. The maximum absolute atomic E-state index is 12.0. The van der Waals surface area contributed by atoms with E-state index in [2.05, 4.69) is 25.6 Å². The van der Waals surface area contributed by atoms with Crippen LogP contribution in [0.1, 0.15) is 18.7 Å². The smallest absolute Gasteiger partial charge is 0.347 e. The van der Waals surface area contributed by atoms with Crippen molar-refractivity contribution in [1.29, 1.82) is 0 Å². The maximum atomic E-state index is 12.0. The van der Waals surface area contributed by atoms with Crippen molar-refractivity contribution in [2.75, 3.05) is 18.5 Å². The van der Waals surface area contributed by atoms with Crippen LogP contribution in [0.25, 0.3) is 17.2 Å². The van der Waals surface area contributed by atoms with Gasteiger partial charge < -0.3 is 29.3 Å². The molecule has 2 fully saturated rings. The summed E-state index contributed by atoms with van der Waals surface area (Å²) < 4.78 is 35.9. The molecule has 2 aromatic heterocycles. The van der Waals surface area contributed by atoms with Crippen molar-refractivity contribution in [3.8, 4) is 0 Å². The van der Waals surface area contributed by atoms with Crippen LogP contribution < -0.4 is 10.6 Å². The largest absolute Gasteiger partial charge is 0.469 e. The maximum Gasteiger partial charge on any atom is 0.469 e. The third-order valence-electron chi connectivity index (χ3n) is 5.72. The molecule has 0 spiro atoms. The third-order valence-corrected chi connectivity index (χ3v) is 6.21. The van der Waals surface area contributed by atoms with Crippen LogP contribution in [0.2, 0.25) is 0 Å². The van der Waals surface area contributed by atoms with Crippen molar-refractivity contribution >= 4 is 36.9 Å². The molecule has 1 aromatic carbocycles. The van der Waals surface area contributed by atoms with Crippen molar-refractivity contribution in [3.63, 3.8) is 0 Å². The lowest BCUT2D eigenvalue weighted by Crippen LogP contribution is -2.31. The highest BCUT2D eigenvalue weighted by molar-refractivity contribution is 7.46. The summed E-state index contributed by atoms with van der Waals surface area (Å²) in [5.74, 6) is 0.206. The topological polar surface area (TPSA) is 179 Å². The van der Waals surface area contributed by atoms with Gasteiger partial charge in [-0.3, -0.25) is 14.4 Å². The monoisotopic (exact) mass is 532 g/mol. The molecule has 5 atom stereocenters. The average Bonchev–Trinajstić information content (AvgIpc) is 3.56. The number of aromatic nitrogens is 4. The van der Waals surface area contributed by atoms with Gasteiger partial charge in [0.05, 0.1) is 12.9 Å². The van der Waals surface area contributed by atoms with E-state index in [-0.39, 0.29) is 5.82 Å². The van der Waals surface area contributed by atoms with E-state index in [1.165, 1.54) is 12.7 Å². The Kier molecular flexibility index (Phi) is 7.31. The van der Waals surface area contributed by atoms with Crippen LogP contribution in [0.3, 0.4) is 0 Å². The first-order valence-corrected chi connectivity index (χ1v) is 13.0. The van der Waals surface area contributed by atoms with Gasteiger partial charge in [-0.2, -0.15) is 0 Å². The fraction of sp³-hybridized carbons (Fsp3) is 0.364. The molecule has 196 valence electrons. The Labute approximate surface area is 210 Å². The SMILES string of the molecule is CCNC(=O)Nc1ncnc2c1ncn2[C@@H]1O[C@H](COP(=O)(O)O)C2OC(/C=C/c3ccccc3)OC21. The Morgan fingerprint density at radius 3 is 2.70 bits per heavy atom. The molecule has 0 aliphatic carbocycles. The van der Waals surface area contributed by atoms with Crippen LogP contribution in [0.15, 0.2) is 49.1 Å². The molecule has 4 N–H and O–H groups in total. The number of nitrogens with one attached hydrogen (secondary N) is 2. The van der Waals surface area contributed by atoms with Gasteiger partial charge in [0.15, 0.2) is 29.5 Å². The number of hydrogen-bond acceptors (Lipinski definition) is 9. The lowest BCUT2D eigenvalue weighted by Gasteiger charge is -2.20. The van der Waals surface area contributed by atoms with E-state index in [9.17, 15) is 19.1 Å². The zero-order valence-corrected chi connectivity index (χ0v) is 20.5. The number of carbonyl (C=O) groups excluding carboxylic acids is 1. The standard InChI is InChI=1S/C22H25N6O8P/c1-2-23-22(29)27-19-16-20(25-11-24-19)28(12-26-16)21-18-17(14(34-21)10-33-37(30,31)32)35-15(36-18)9-8-13-6-4-3-5-7-13/h3-9,11-12,14-15,17-18,21H,2,10H2,1H3,(H2,30,31,32)(H2,23,24,25,27,29)/b9-8+/t14-,15?,17?,18?,21-/m1/s1. The van der Waals surface area contributed by atoms with Crippen molar-refractivity contribution < 1.29 is 37.9 Å². The number of benzene rings is 1. The first kappa shape index (κ1) is 25.4. The number of phosphoric acid groups is 1. The van der Waals surface area contributed by atoms with Gasteiger partial charge in [-0.05, 0) is 18.6 Å². The summed E-state index contributed by atoms with van der Waals surface area (Å²) in [6.07, 6.45) is 2.55. The fourth-order valence-corrected chi connectivity index (χ4v) is 4.52. The Morgan fingerprint density at radius 2 is 1.95 bits per heavy atom. The molecule has 0 saturated carbocycles. The lowest BCUT2D eigenvalue weighted by atomic mass is 10.1. The number of phosphoric ester groups is 1. The number of imidazole rings is 1. The van der Waals surface area contributed by atoms with E-state index >= 15 is 0 Å². The van der Waals surface area contributed by atoms with Crippen LogP contribution in [0.5, 0.6) is 0 Å². The van der Waals surface area contributed by atoms with E-state index in [0.29, 0.717) is 17.7 Å².